The van der Waals surface area contributed by atoms with E-state index >= 15 is 0 Å². The first kappa shape index (κ1) is 17.1. The van der Waals surface area contributed by atoms with Crippen molar-refractivity contribution in [3.63, 3.8) is 0 Å². The van der Waals surface area contributed by atoms with Crippen LogP contribution in [0.15, 0.2) is 29.3 Å². The van der Waals surface area contributed by atoms with Gasteiger partial charge in [0.15, 0.2) is 5.96 Å². The quantitative estimate of drug-likeness (QED) is 0.560. The Hall–Kier alpha value is -1.95. The number of aliphatic imine (C=N–C) groups is 1. The number of hydrogen-bond acceptors (Lipinski definition) is 4. The molecule has 0 spiro atoms. The lowest BCUT2D eigenvalue weighted by Gasteiger charge is -2.15. The molecule has 0 radical (unpaired) electrons. The second kappa shape index (κ2) is 9.07. The van der Waals surface area contributed by atoms with E-state index in [1.807, 2.05) is 38.1 Å². The van der Waals surface area contributed by atoms with Gasteiger partial charge in [-0.3, -0.25) is 0 Å². The van der Waals surface area contributed by atoms with Crippen LogP contribution in [0.2, 0.25) is 0 Å². The molecule has 0 aromatic heterocycles. The zero-order valence-corrected chi connectivity index (χ0v) is 13.1. The van der Waals surface area contributed by atoms with Gasteiger partial charge in [0.2, 0.25) is 0 Å². The van der Waals surface area contributed by atoms with Gasteiger partial charge in [-0.1, -0.05) is 0 Å². The standard InChI is InChI=1S/C15H25N3O3/c1-11(10-19-3)18-15(16)17-9-12(2)21-14-7-5-13(20-4)6-8-14/h5-8,11-12H,9-10H2,1-4H3,(H3,16,17,18). The van der Waals surface area contributed by atoms with Crippen molar-refractivity contribution in [3.05, 3.63) is 24.3 Å². The predicted octanol–water partition coefficient (Wildman–Crippen LogP) is 1.40. The number of nitrogens with one attached hydrogen (secondary N) is 1. The molecule has 1 aromatic rings. The minimum absolute atomic E-state index is 0.0727. The molecule has 1 rings (SSSR count). The van der Waals surface area contributed by atoms with Crippen molar-refractivity contribution in [3.8, 4) is 11.5 Å². The minimum Gasteiger partial charge on any atom is -0.497 e. The molecule has 6 nitrogen and oxygen atoms in total. The molecular formula is C15H25N3O3. The summed E-state index contributed by atoms with van der Waals surface area (Å²) in [6, 6.07) is 7.56. The van der Waals surface area contributed by atoms with E-state index < -0.39 is 0 Å². The maximum Gasteiger partial charge on any atom is 0.189 e. The highest BCUT2D eigenvalue weighted by atomic mass is 16.5. The molecule has 21 heavy (non-hydrogen) atoms. The molecule has 0 aliphatic carbocycles. The summed E-state index contributed by atoms with van der Waals surface area (Å²) >= 11 is 0. The highest BCUT2D eigenvalue weighted by molar-refractivity contribution is 5.78. The molecule has 2 atom stereocenters. The maximum absolute atomic E-state index is 5.80. The summed E-state index contributed by atoms with van der Waals surface area (Å²) in [6.07, 6.45) is -0.0727. The summed E-state index contributed by atoms with van der Waals surface area (Å²) in [5.74, 6) is 1.97. The number of nitrogens with zero attached hydrogens (tertiary/aromatic N) is 1. The average molecular weight is 295 g/mol. The van der Waals surface area contributed by atoms with Crippen molar-refractivity contribution in [2.24, 2.45) is 10.7 Å². The van der Waals surface area contributed by atoms with E-state index in [-0.39, 0.29) is 12.1 Å². The Morgan fingerprint density at radius 3 is 2.38 bits per heavy atom. The molecule has 2 unspecified atom stereocenters. The third kappa shape index (κ3) is 6.85. The second-order valence-corrected chi connectivity index (χ2v) is 4.83. The molecule has 0 bridgehead atoms. The van der Waals surface area contributed by atoms with E-state index in [2.05, 4.69) is 10.3 Å². The van der Waals surface area contributed by atoms with Gasteiger partial charge >= 0.3 is 0 Å². The number of guanidine groups is 1. The fourth-order valence-electron chi connectivity index (χ4n) is 1.74. The molecule has 0 saturated carbocycles. The number of ether oxygens (including phenoxy) is 3. The van der Waals surface area contributed by atoms with Crippen molar-refractivity contribution >= 4 is 5.96 Å². The third-order valence-electron chi connectivity index (χ3n) is 2.73. The molecule has 0 aliphatic heterocycles. The van der Waals surface area contributed by atoms with Crippen LogP contribution in [-0.4, -0.2) is 45.5 Å². The average Bonchev–Trinajstić information content (AvgIpc) is 2.46. The smallest absolute Gasteiger partial charge is 0.189 e. The van der Waals surface area contributed by atoms with E-state index in [0.29, 0.717) is 19.1 Å². The van der Waals surface area contributed by atoms with Crippen LogP contribution in [0.3, 0.4) is 0 Å². The summed E-state index contributed by atoms with van der Waals surface area (Å²) in [7, 11) is 3.28. The summed E-state index contributed by atoms with van der Waals surface area (Å²) in [6.45, 7) is 4.97. The van der Waals surface area contributed by atoms with Gasteiger partial charge in [0, 0.05) is 13.2 Å². The lowest BCUT2D eigenvalue weighted by molar-refractivity contribution is 0.179. The molecule has 0 heterocycles. The lowest BCUT2D eigenvalue weighted by atomic mass is 10.3. The topological polar surface area (TPSA) is 78.1 Å². The van der Waals surface area contributed by atoms with Crippen LogP contribution in [0.1, 0.15) is 13.8 Å². The molecule has 0 saturated heterocycles. The monoisotopic (exact) mass is 295 g/mol. The van der Waals surface area contributed by atoms with Crippen molar-refractivity contribution in [1.29, 1.82) is 0 Å². The fourth-order valence-corrected chi connectivity index (χ4v) is 1.74. The van der Waals surface area contributed by atoms with Crippen LogP contribution in [0.4, 0.5) is 0 Å². The normalized spacial score (nSPS) is 14.4. The van der Waals surface area contributed by atoms with Crippen molar-refractivity contribution in [2.45, 2.75) is 26.0 Å². The van der Waals surface area contributed by atoms with E-state index in [9.17, 15) is 0 Å². The Balaban J connectivity index is 2.39. The van der Waals surface area contributed by atoms with Gasteiger partial charge in [0.1, 0.15) is 17.6 Å². The van der Waals surface area contributed by atoms with E-state index in [0.717, 1.165) is 11.5 Å². The van der Waals surface area contributed by atoms with Crippen LogP contribution in [0, 0.1) is 0 Å². The number of hydrogen-bond donors (Lipinski definition) is 2. The van der Waals surface area contributed by atoms with Gasteiger partial charge in [-0.2, -0.15) is 0 Å². The number of nitrogens with two attached hydrogens (primary N) is 1. The molecule has 1 aromatic carbocycles. The molecular weight excluding hydrogens is 270 g/mol. The fraction of sp³-hybridized carbons (Fsp3) is 0.533. The van der Waals surface area contributed by atoms with Gasteiger partial charge in [-0.25, -0.2) is 4.99 Å². The van der Waals surface area contributed by atoms with E-state index in [1.54, 1.807) is 14.2 Å². The maximum atomic E-state index is 5.80. The van der Waals surface area contributed by atoms with E-state index in [1.165, 1.54) is 0 Å². The van der Waals surface area contributed by atoms with Gasteiger partial charge < -0.3 is 25.3 Å². The first-order valence-electron chi connectivity index (χ1n) is 6.91. The zero-order valence-electron chi connectivity index (χ0n) is 13.1. The number of benzene rings is 1. The Morgan fingerprint density at radius 2 is 1.81 bits per heavy atom. The van der Waals surface area contributed by atoms with Gasteiger partial charge in [0.05, 0.1) is 20.3 Å². The predicted molar refractivity (Wildman–Crippen MR) is 84.0 cm³/mol. The first-order valence-corrected chi connectivity index (χ1v) is 6.91. The van der Waals surface area contributed by atoms with Crippen LogP contribution < -0.4 is 20.5 Å². The molecule has 0 fully saturated rings. The van der Waals surface area contributed by atoms with Gasteiger partial charge in [-0.15, -0.1) is 0 Å². The lowest BCUT2D eigenvalue weighted by Crippen LogP contribution is -2.41. The Kier molecular flexibility index (Phi) is 7.39. The minimum atomic E-state index is -0.0727. The highest BCUT2D eigenvalue weighted by Gasteiger charge is 2.05. The first-order chi connectivity index (χ1) is 10.0. The Morgan fingerprint density at radius 1 is 1.19 bits per heavy atom. The Bertz CT molecular complexity index is 434. The van der Waals surface area contributed by atoms with Gasteiger partial charge in [0.25, 0.3) is 0 Å². The molecule has 0 amide bonds. The second-order valence-electron chi connectivity index (χ2n) is 4.83. The molecule has 6 heteroatoms. The zero-order chi connectivity index (χ0) is 15.7. The largest absolute Gasteiger partial charge is 0.497 e. The highest BCUT2D eigenvalue weighted by Crippen LogP contribution is 2.18. The SMILES string of the molecule is COCC(C)NC(N)=NCC(C)Oc1ccc(OC)cc1. The van der Waals surface area contributed by atoms with Crippen LogP contribution in [0.25, 0.3) is 0 Å². The number of methoxy groups -OCH3 is 2. The summed E-state index contributed by atoms with van der Waals surface area (Å²) in [5.41, 5.74) is 5.80. The number of rotatable bonds is 8. The molecule has 3 N–H and O–H groups in total. The molecule has 118 valence electrons. The van der Waals surface area contributed by atoms with Crippen molar-refractivity contribution in [1.82, 2.24) is 5.32 Å². The third-order valence-corrected chi connectivity index (χ3v) is 2.73. The summed E-state index contributed by atoms with van der Waals surface area (Å²) in [5, 5.41) is 3.05. The van der Waals surface area contributed by atoms with E-state index in [4.69, 9.17) is 19.9 Å². The van der Waals surface area contributed by atoms with Crippen molar-refractivity contribution < 1.29 is 14.2 Å². The summed E-state index contributed by atoms with van der Waals surface area (Å²) < 4.78 is 15.9. The van der Waals surface area contributed by atoms with Crippen LogP contribution in [-0.2, 0) is 4.74 Å². The van der Waals surface area contributed by atoms with Gasteiger partial charge in [-0.05, 0) is 38.1 Å². The molecule has 0 aliphatic rings. The Labute approximate surface area is 126 Å². The van der Waals surface area contributed by atoms with Crippen LogP contribution >= 0.6 is 0 Å². The summed E-state index contributed by atoms with van der Waals surface area (Å²) in [4.78, 5) is 4.25. The van der Waals surface area contributed by atoms with Crippen molar-refractivity contribution in [2.75, 3.05) is 27.4 Å². The van der Waals surface area contributed by atoms with Crippen LogP contribution in [0.5, 0.6) is 11.5 Å².